The van der Waals surface area contributed by atoms with Gasteiger partial charge >= 0.3 is 0 Å². The van der Waals surface area contributed by atoms with E-state index in [0.717, 1.165) is 5.56 Å². The summed E-state index contributed by atoms with van der Waals surface area (Å²) in [6, 6.07) is 10.9. The molecule has 0 saturated carbocycles. The SMILES string of the molecule is Cc1ccc(NC(=O)c2ccccc2F)cc1NC(=O)CCCN. The Labute approximate surface area is 140 Å². The standard InChI is InChI=1S/C18H20FN3O2/c1-12-8-9-13(11-16(12)22-17(23)7-4-10-20)21-18(24)14-5-2-3-6-15(14)19/h2-3,5-6,8-9,11H,4,7,10,20H2,1H3,(H,21,24)(H,22,23). The van der Waals surface area contributed by atoms with E-state index < -0.39 is 11.7 Å². The van der Waals surface area contributed by atoms with Crippen molar-refractivity contribution in [3.8, 4) is 0 Å². The zero-order valence-corrected chi connectivity index (χ0v) is 13.4. The molecular formula is C18H20FN3O2. The van der Waals surface area contributed by atoms with Crippen LogP contribution in [0.1, 0.15) is 28.8 Å². The average molecular weight is 329 g/mol. The lowest BCUT2D eigenvalue weighted by Crippen LogP contribution is -2.16. The molecule has 126 valence electrons. The van der Waals surface area contributed by atoms with Gasteiger partial charge in [-0.05, 0) is 49.7 Å². The molecule has 0 fully saturated rings. The molecule has 5 nitrogen and oxygen atoms in total. The highest BCUT2D eigenvalue weighted by molar-refractivity contribution is 6.05. The van der Waals surface area contributed by atoms with Crippen molar-refractivity contribution >= 4 is 23.2 Å². The number of carbonyl (C=O) groups excluding carboxylic acids is 2. The lowest BCUT2D eigenvalue weighted by atomic mass is 10.1. The van der Waals surface area contributed by atoms with E-state index in [1.165, 1.54) is 18.2 Å². The number of anilines is 2. The molecule has 24 heavy (non-hydrogen) atoms. The van der Waals surface area contributed by atoms with Crippen LogP contribution in [0.15, 0.2) is 42.5 Å². The smallest absolute Gasteiger partial charge is 0.258 e. The molecule has 0 aromatic heterocycles. The van der Waals surface area contributed by atoms with Crippen LogP contribution in [0.5, 0.6) is 0 Å². The fraction of sp³-hybridized carbons (Fsp3) is 0.222. The molecule has 0 aliphatic carbocycles. The normalized spacial score (nSPS) is 10.3. The minimum absolute atomic E-state index is 0.0355. The first-order chi connectivity index (χ1) is 11.5. The first-order valence-corrected chi connectivity index (χ1v) is 7.67. The highest BCUT2D eigenvalue weighted by Gasteiger charge is 2.12. The fourth-order valence-corrected chi connectivity index (χ4v) is 2.15. The number of carbonyl (C=O) groups is 2. The Morgan fingerprint density at radius 2 is 1.88 bits per heavy atom. The van der Waals surface area contributed by atoms with E-state index in [9.17, 15) is 14.0 Å². The van der Waals surface area contributed by atoms with E-state index >= 15 is 0 Å². The van der Waals surface area contributed by atoms with Gasteiger partial charge in [0.1, 0.15) is 5.82 Å². The van der Waals surface area contributed by atoms with Crippen LogP contribution in [0, 0.1) is 12.7 Å². The molecule has 0 aliphatic rings. The van der Waals surface area contributed by atoms with Gasteiger partial charge in [-0.2, -0.15) is 0 Å². The molecule has 2 rings (SSSR count). The second-order valence-corrected chi connectivity index (χ2v) is 5.40. The summed E-state index contributed by atoms with van der Waals surface area (Å²) >= 11 is 0. The second-order valence-electron chi connectivity index (χ2n) is 5.40. The summed E-state index contributed by atoms with van der Waals surface area (Å²) in [4.78, 5) is 24.0. The Morgan fingerprint density at radius 1 is 1.12 bits per heavy atom. The van der Waals surface area contributed by atoms with Crippen LogP contribution in [0.2, 0.25) is 0 Å². The van der Waals surface area contributed by atoms with Crippen LogP contribution in [0.3, 0.4) is 0 Å². The summed E-state index contributed by atoms with van der Waals surface area (Å²) in [6.07, 6.45) is 0.941. The molecule has 6 heteroatoms. The summed E-state index contributed by atoms with van der Waals surface area (Å²) in [5.41, 5.74) is 7.29. The van der Waals surface area contributed by atoms with Crippen molar-refractivity contribution in [3.63, 3.8) is 0 Å². The van der Waals surface area contributed by atoms with Gasteiger partial charge < -0.3 is 16.4 Å². The van der Waals surface area contributed by atoms with Gasteiger partial charge in [0, 0.05) is 17.8 Å². The third-order valence-corrected chi connectivity index (χ3v) is 3.50. The molecule has 0 radical (unpaired) electrons. The van der Waals surface area contributed by atoms with Gasteiger partial charge in [0.25, 0.3) is 5.91 Å². The summed E-state index contributed by atoms with van der Waals surface area (Å²) in [5.74, 6) is -1.27. The van der Waals surface area contributed by atoms with E-state index in [1.54, 1.807) is 24.3 Å². The number of halogens is 1. The Bertz CT molecular complexity index is 747. The van der Waals surface area contributed by atoms with Crippen LogP contribution < -0.4 is 16.4 Å². The van der Waals surface area contributed by atoms with Crippen LogP contribution in [-0.4, -0.2) is 18.4 Å². The first kappa shape index (κ1) is 17.6. The number of nitrogens with two attached hydrogens (primary N) is 1. The molecule has 2 amide bonds. The van der Waals surface area contributed by atoms with Gasteiger partial charge in [-0.25, -0.2) is 4.39 Å². The maximum absolute atomic E-state index is 13.6. The first-order valence-electron chi connectivity index (χ1n) is 7.67. The largest absolute Gasteiger partial charge is 0.330 e. The van der Waals surface area contributed by atoms with Gasteiger partial charge in [0.05, 0.1) is 5.56 Å². The summed E-state index contributed by atoms with van der Waals surface area (Å²) in [7, 11) is 0. The highest BCUT2D eigenvalue weighted by Crippen LogP contribution is 2.21. The van der Waals surface area contributed by atoms with Gasteiger partial charge in [-0.15, -0.1) is 0 Å². The Kier molecular flexibility index (Phi) is 6.03. The number of hydrogen-bond donors (Lipinski definition) is 3. The predicted octanol–water partition coefficient (Wildman–Crippen LogP) is 3.06. The van der Waals surface area contributed by atoms with Gasteiger partial charge in [-0.1, -0.05) is 18.2 Å². The highest BCUT2D eigenvalue weighted by atomic mass is 19.1. The summed E-state index contributed by atoms with van der Waals surface area (Å²) < 4.78 is 13.6. The molecule has 0 saturated heterocycles. The quantitative estimate of drug-likeness (QED) is 0.761. The number of rotatable bonds is 6. The molecular weight excluding hydrogens is 309 g/mol. The van der Waals surface area contributed by atoms with Crippen molar-refractivity contribution in [2.45, 2.75) is 19.8 Å². The van der Waals surface area contributed by atoms with Crippen LogP contribution in [0.4, 0.5) is 15.8 Å². The zero-order valence-electron chi connectivity index (χ0n) is 13.4. The van der Waals surface area contributed by atoms with Gasteiger partial charge in [-0.3, -0.25) is 9.59 Å². The van der Waals surface area contributed by atoms with E-state index in [0.29, 0.717) is 30.8 Å². The third kappa shape index (κ3) is 4.63. The predicted molar refractivity (Wildman–Crippen MR) is 92.5 cm³/mol. The maximum atomic E-state index is 13.6. The van der Waals surface area contributed by atoms with Crippen molar-refractivity contribution in [2.75, 3.05) is 17.2 Å². The van der Waals surface area contributed by atoms with E-state index in [4.69, 9.17) is 5.73 Å². The Balaban J connectivity index is 2.12. The minimum Gasteiger partial charge on any atom is -0.330 e. The van der Waals surface area contributed by atoms with E-state index in [1.807, 2.05) is 6.92 Å². The van der Waals surface area contributed by atoms with Crippen LogP contribution in [0.25, 0.3) is 0 Å². The summed E-state index contributed by atoms with van der Waals surface area (Å²) in [6.45, 7) is 2.30. The van der Waals surface area contributed by atoms with Crippen LogP contribution >= 0.6 is 0 Å². The lowest BCUT2D eigenvalue weighted by Gasteiger charge is -2.12. The fourth-order valence-electron chi connectivity index (χ4n) is 2.15. The number of hydrogen-bond acceptors (Lipinski definition) is 3. The maximum Gasteiger partial charge on any atom is 0.258 e. The summed E-state index contributed by atoms with van der Waals surface area (Å²) in [5, 5.41) is 5.42. The lowest BCUT2D eigenvalue weighted by molar-refractivity contribution is -0.116. The van der Waals surface area contributed by atoms with Gasteiger partial charge in [0.15, 0.2) is 0 Å². The molecule has 4 N–H and O–H groups in total. The van der Waals surface area contributed by atoms with Gasteiger partial charge in [0.2, 0.25) is 5.91 Å². The van der Waals surface area contributed by atoms with Crippen molar-refractivity contribution in [1.82, 2.24) is 0 Å². The number of nitrogens with one attached hydrogen (secondary N) is 2. The average Bonchev–Trinajstić information content (AvgIpc) is 2.56. The molecule has 0 unspecified atom stereocenters. The van der Waals surface area contributed by atoms with E-state index in [2.05, 4.69) is 10.6 Å². The molecule has 0 spiro atoms. The Hall–Kier alpha value is -2.73. The molecule has 2 aromatic carbocycles. The van der Waals surface area contributed by atoms with Crippen LogP contribution in [-0.2, 0) is 4.79 Å². The van der Waals surface area contributed by atoms with Crippen molar-refractivity contribution in [1.29, 1.82) is 0 Å². The second kappa shape index (κ2) is 8.21. The van der Waals surface area contributed by atoms with Crippen molar-refractivity contribution in [3.05, 3.63) is 59.4 Å². The minimum atomic E-state index is -0.586. The number of benzene rings is 2. The Morgan fingerprint density at radius 3 is 2.58 bits per heavy atom. The van der Waals surface area contributed by atoms with E-state index in [-0.39, 0.29) is 11.5 Å². The number of aryl methyl sites for hydroxylation is 1. The number of amides is 2. The molecule has 0 aliphatic heterocycles. The zero-order chi connectivity index (χ0) is 17.5. The van der Waals surface area contributed by atoms with Crippen molar-refractivity contribution in [2.24, 2.45) is 5.73 Å². The molecule has 2 aromatic rings. The molecule has 0 bridgehead atoms. The topological polar surface area (TPSA) is 84.2 Å². The molecule has 0 atom stereocenters. The molecule has 0 heterocycles. The van der Waals surface area contributed by atoms with Crippen molar-refractivity contribution < 1.29 is 14.0 Å². The monoisotopic (exact) mass is 329 g/mol. The third-order valence-electron chi connectivity index (χ3n) is 3.50.